The van der Waals surface area contributed by atoms with Gasteiger partial charge in [-0.2, -0.15) is 0 Å². The number of phenolic OH excluding ortho intramolecular Hbond substituents is 1. The van der Waals surface area contributed by atoms with Crippen LogP contribution < -0.4 is 14.9 Å². The first kappa shape index (κ1) is 20.6. The lowest BCUT2D eigenvalue weighted by molar-refractivity contribution is -0.110. The first-order valence-electron chi connectivity index (χ1n) is 10.0. The summed E-state index contributed by atoms with van der Waals surface area (Å²) in [7, 11) is 1.35. The fourth-order valence-electron chi connectivity index (χ4n) is 4.41. The Bertz CT molecular complexity index is 1350. The third-order valence-corrected chi connectivity index (χ3v) is 5.82. The average molecular weight is 442 g/mol. The van der Waals surface area contributed by atoms with Crippen LogP contribution in [0.15, 0.2) is 39.7 Å². The minimum absolute atomic E-state index is 0.00107. The molecule has 3 heterocycles. The summed E-state index contributed by atoms with van der Waals surface area (Å²) in [6, 6.07) is 4.17. The van der Waals surface area contributed by atoms with E-state index in [-0.39, 0.29) is 56.7 Å². The summed E-state index contributed by atoms with van der Waals surface area (Å²) in [5.41, 5.74) is -2.92. The van der Waals surface area contributed by atoms with Crippen molar-refractivity contribution < 1.29 is 39.1 Å². The predicted molar refractivity (Wildman–Crippen MR) is 113 cm³/mol. The van der Waals surface area contributed by atoms with Gasteiger partial charge in [0, 0.05) is 18.1 Å². The van der Waals surface area contributed by atoms with Gasteiger partial charge < -0.3 is 39.1 Å². The second kappa shape index (κ2) is 6.61. The highest BCUT2D eigenvalue weighted by Gasteiger charge is 2.53. The van der Waals surface area contributed by atoms with Crippen molar-refractivity contribution in [1.29, 1.82) is 0 Å². The normalized spacial score (nSPS) is 22.5. The van der Waals surface area contributed by atoms with Crippen LogP contribution in [0.2, 0.25) is 0 Å². The highest BCUT2D eigenvalue weighted by Crippen LogP contribution is 2.52. The van der Waals surface area contributed by atoms with Gasteiger partial charge in [0.25, 0.3) is 6.29 Å². The number of aliphatic hydroxyl groups is 3. The van der Waals surface area contributed by atoms with Gasteiger partial charge in [-0.25, -0.2) is 0 Å². The molecular formula is C23H22O9. The van der Waals surface area contributed by atoms with Crippen molar-refractivity contribution in [1.82, 2.24) is 0 Å². The number of methoxy groups -OCH3 is 1. The predicted octanol–water partition coefficient (Wildman–Crippen LogP) is 2.30. The second-order valence-electron chi connectivity index (χ2n) is 8.71. The maximum absolute atomic E-state index is 13.5. The van der Waals surface area contributed by atoms with Crippen molar-refractivity contribution >= 4 is 21.9 Å². The second-order valence-corrected chi connectivity index (χ2v) is 8.71. The van der Waals surface area contributed by atoms with E-state index in [1.807, 2.05) is 0 Å². The Morgan fingerprint density at radius 2 is 2.03 bits per heavy atom. The molecule has 2 aliphatic rings. The summed E-state index contributed by atoms with van der Waals surface area (Å²) < 4.78 is 22.5. The van der Waals surface area contributed by atoms with Gasteiger partial charge in [0.1, 0.15) is 39.2 Å². The quantitative estimate of drug-likeness (QED) is 0.448. The smallest absolute Gasteiger partial charge is 0.277 e. The number of phenols is 1. The van der Waals surface area contributed by atoms with Gasteiger partial charge in [0.2, 0.25) is 5.43 Å². The number of aliphatic hydroxyl groups excluding tert-OH is 1. The molecule has 2 aromatic carbocycles. The van der Waals surface area contributed by atoms with Crippen LogP contribution in [0.4, 0.5) is 0 Å². The zero-order valence-corrected chi connectivity index (χ0v) is 17.6. The lowest BCUT2D eigenvalue weighted by Gasteiger charge is -2.22. The summed E-state index contributed by atoms with van der Waals surface area (Å²) in [6.45, 7) is 3.10. The molecule has 9 heteroatoms. The molecule has 0 bridgehead atoms. The Kier molecular flexibility index (Phi) is 4.26. The van der Waals surface area contributed by atoms with Crippen molar-refractivity contribution in [3.05, 3.63) is 51.9 Å². The molecule has 0 spiro atoms. The van der Waals surface area contributed by atoms with Crippen LogP contribution in [-0.2, 0) is 10.3 Å². The first-order chi connectivity index (χ1) is 15.0. The van der Waals surface area contributed by atoms with Crippen LogP contribution in [-0.4, -0.2) is 39.4 Å². The molecule has 2 aliphatic heterocycles. The molecule has 3 unspecified atom stereocenters. The largest absolute Gasteiger partial charge is 0.507 e. The molecule has 5 rings (SSSR count). The fraction of sp³-hybridized carbons (Fsp3) is 0.348. The summed E-state index contributed by atoms with van der Waals surface area (Å²) in [5.74, 6) is -0.0862. The lowest BCUT2D eigenvalue weighted by atomic mass is 9.92. The van der Waals surface area contributed by atoms with Gasteiger partial charge in [0.05, 0.1) is 30.6 Å². The number of aromatic hydroxyl groups is 1. The number of ether oxygens (including phenoxy) is 3. The molecule has 0 fully saturated rings. The van der Waals surface area contributed by atoms with E-state index in [0.717, 1.165) is 0 Å². The number of benzene rings is 2. The van der Waals surface area contributed by atoms with Crippen molar-refractivity contribution in [3.8, 4) is 17.2 Å². The third kappa shape index (κ3) is 2.78. The van der Waals surface area contributed by atoms with E-state index in [1.54, 1.807) is 13.8 Å². The van der Waals surface area contributed by atoms with Crippen LogP contribution in [0, 0.1) is 0 Å². The van der Waals surface area contributed by atoms with E-state index in [1.165, 1.54) is 37.6 Å². The average Bonchev–Trinajstić information content (AvgIpc) is 3.18. The summed E-state index contributed by atoms with van der Waals surface area (Å²) in [6.07, 6.45) is 0.491. The maximum Gasteiger partial charge on any atom is 0.277 e. The zero-order chi connectivity index (χ0) is 23.0. The molecule has 3 aromatic rings. The third-order valence-electron chi connectivity index (χ3n) is 5.82. The Balaban J connectivity index is 1.84. The monoisotopic (exact) mass is 442 g/mol. The fourth-order valence-corrected chi connectivity index (χ4v) is 4.41. The molecule has 0 saturated carbocycles. The number of fused-ring (bicyclic) bond motifs is 5. The number of hydrogen-bond donors (Lipinski definition) is 4. The van der Waals surface area contributed by atoms with Crippen LogP contribution in [0.3, 0.4) is 0 Å². The van der Waals surface area contributed by atoms with Crippen LogP contribution in [0.5, 0.6) is 17.2 Å². The van der Waals surface area contributed by atoms with Gasteiger partial charge in [-0.3, -0.25) is 4.79 Å². The molecule has 9 nitrogen and oxygen atoms in total. The topological polar surface area (TPSA) is 139 Å². The minimum Gasteiger partial charge on any atom is -0.507 e. The summed E-state index contributed by atoms with van der Waals surface area (Å²) >= 11 is 0. The van der Waals surface area contributed by atoms with E-state index in [4.69, 9.17) is 18.6 Å². The highest BCUT2D eigenvalue weighted by atomic mass is 16.7. The number of hydrogen-bond acceptors (Lipinski definition) is 9. The van der Waals surface area contributed by atoms with E-state index in [2.05, 4.69) is 0 Å². The molecule has 0 amide bonds. The Hall–Kier alpha value is -3.27. The lowest BCUT2D eigenvalue weighted by Crippen LogP contribution is -2.33. The van der Waals surface area contributed by atoms with E-state index in [9.17, 15) is 25.2 Å². The molecule has 3 atom stereocenters. The van der Waals surface area contributed by atoms with Crippen LogP contribution in [0.1, 0.15) is 37.5 Å². The standard InChI is InChI=1S/C23H22O9/c1-22(2,27)9-12(25)10-4-5-11(24)15-18(26)16-13(31-19(10)15)8-14-17(20(16)29-3)23(28)6-7-30-21(23)32-14/h4-8,12,21,24-25,27-28H,9H2,1-3H3. The highest BCUT2D eigenvalue weighted by molar-refractivity contribution is 5.99. The molecular weight excluding hydrogens is 420 g/mol. The Morgan fingerprint density at radius 3 is 2.72 bits per heavy atom. The zero-order valence-electron chi connectivity index (χ0n) is 17.6. The summed E-state index contributed by atoms with van der Waals surface area (Å²) in [5, 5.41) is 42.2. The number of rotatable bonds is 4. The van der Waals surface area contributed by atoms with Gasteiger partial charge in [-0.15, -0.1) is 0 Å². The van der Waals surface area contributed by atoms with E-state index in [0.29, 0.717) is 0 Å². The van der Waals surface area contributed by atoms with Crippen molar-refractivity contribution in [3.63, 3.8) is 0 Å². The molecule has 0 radical (unpaired) electrons. The van der Waals surface area contributed by atoms with Crippen molar-refractivity contribution in [2.75, 3.05) is 7.11 Å². The Morgan fingerprint density at radius 1 is 1.28 bits per heavy atom. The van der Waals surface area contributed by atoms with E-state index < -0.39 is 29.0 Å². The first-order valence-corrected chi connectivity index (χ1v) is 10.0. The molecule has 1 aromatic heterocycles. The van der Waals surface area contributed by atoms with Crippen LogP contribution in [0.25, 0.3) is 21.9 Å². The molecule has 0 saturated heterocycles. The Labute approximate surface area is 181 Å². The summed E-state index contributed by atoms with van der Waals surface area (Å²) in [4.78, 5) is 13.5. The molecule has 32 heavy (non-hydrogen) atoms. The van der Waals surface area contributed by atoms with Gasteiger partial charge in [0.15, 0.2) is 5.60 Å². The SMILES string of the molecule is COc1c2c(cc3oc4c(C(O)CC(C)(C)O)ccc(O)c4c(=O)c13)OC1OC=CC21O. The molecule has 4 N–H and O–H groups in total. The van der Waals surface area contributed by atoms with Gasteiger partial charge >= 0.3 is 0 Å². The van der Waals surface area contributed by atoms with Crippen LogP contribution >= 0.6 is 0 Å². The molecule has 168 valence electrons. The minimum atomic E-state index is -1.65. The van der Waals surface area contributed by atoms with E-state index >= 15 is 0 Å². The van der Waals surface area contributed by atoms with Crippen molar-refractivity contribution in [2.24, 2.45) is 0 Å². The van der Waals surface area contributed by atoms with Gasteiger partial charge in [-0.05, 0) is 32.1 Å². The molecule has 0 aliphatic carbocycles. The maximum atomic E-state index is 13.5. The van der Waals surface area contributed by atoms with Gasteiger partial charge in [-0.1, -0.05) is 0 Å². The van der Waals surface area contributed by atoms with Crippen molar-refractivity contribution in [2.45, 2.75) is 43.9 Å².